The molecule has 18 heavy (non-hydrogen) atoms. The molecule has 2 rings (SSSR count). The van der Waals surface area contributed by atoms with Gasteiger partial charge in [0.25, 0.3) is 0 Å². The fraction of sp³-hybridized carbons (Fsp3) is 0.500. The van der Waals surface area contributed by atoms with Crippen LogP contribution in [0.1, 0.15) is 30.9 Å². The number of carbonyl (C=O) groups is 1. The van der Waals surface area contributed by atoms with Crippen molar-refractivity contribution in [2.45, 2.75) is 25.3 Å². The van der Waals surface area contributed by atoms with Crippen molar-refractivity contribution in [1.82, 2.24) is 0 Å². The molecular formula is C14H20N2O2. The van der Waals surface area contributed by atoms with E-state index in [0.29, 0.717) is 19.6 Å². The van der Waals surface area contributed by atoms with Gasteiger partial charge < -0.3 is 15.4 Å². The van der Waals surface area contributed by atoms with Crippen LogP contribution in [0.15, 0.2) is 24.3 Å². The average Bonchev–Trinajstić information content (AvgIpc) is 2.39. The Labute approximate surface area is 108 Å². The first-order chi connectivity index (χ1) is 8.74. The highest BCUT2D eigenvalue weighted by Gasteiger charge is 2.25. The number of nitrogens with two attached hydrogens (primary N) is 1. The molecule has 0 bridgehead atoms. The Morgan fingerprint density at radius 2 is 2.28 bits per heavy atom. The molecule has 1 heterocycles. The lowest BCUT2D eigenvalue weighted by atomic mass is 9.97. The molecule has 1 aromatic carbocycles. The van der Waals surface area contributed by atoms with Crippen LogP contribution in [0.25, 0.3) is 0 Å². The van der Waals surface area contributed by atoms with Crippen LogP contribution in [0.5, 0.6) is 0 Å². The van der Waals surface area contributed by atoms with Gasteiger partial charge in [-0.2, -0.15) is 0 Å². The van der Waals surface area contributed by atoms with E-state index < -0.39 is 0 Å². The van der Waals surface area contributed by atoms with Gasteiger partial charge in [0, 0.05) is 38.4 Å². The quantitative estimate of drug-likeness (QED) is 0.827. The molecule has 0 aromatic heterocycles. The van der Waals surface area contributed by atoms with Crippen molar-refractivity contribution >= 4 is 11.6 Å². The van der Waals surface area contributed by atoms with Crippen LogP contribution in [0.4, 0.5) is 5.69 Å². The van der Waals surface area contributed by atoms with Gasteiger partial charge in [-0.05, 0) is 24.5 Å². The Morgan fingerprint density at radius 1 is 1.50 bits per heavy atom. The third-order valence-corrected chi connectivity index (χ3v) is 3.33. The topological polar surface area (TPSA) is 55.6 Å². The van der Waals surface area contributed by atoms with Gasteiger partial charge in [-0.15, -0.1) is 0 Å². The summed E-state index contributed by atoms with van der Waals surface area (Å²) in [5.74, 6) is 0.159. The van der Waals surface area contributed by atoms with E-state index >= 15 is 0 Å². The number of hydrogen-bond acceptors (Lipinski definition) is 3. The molecule has 0 radical (unpaired) electrons. The predicted molar refractivity (Wildman–Crippen MR) is 71.5 cm³/mol. The van der Waals surface area contributed by atoms with Crippen molar-refractivity contribution in [1.29, 1.82) is 0 Å². The van der Waals surface area contributed by atoms with E-state index in [1.54, 1.807) is 7.11 Å². The third kappa shape index (κ3) is 2.71. The first kappa shape index (κ1) is 13.1. The summed E-state index contributed by atoms with van der Waals surface area (Å²) in [6, 6.07) is 7.95. The van der Waals surface area contributed by atoms with Crippen molar-refractivity contribution < 1.29 is 9.53 Å². The fourth-order valence-corrected chi connectivity index (χ4v) is 2.35. The maximum absolute atomic E-state index is 12.2. The van der Waals surface area contributed by atoms with E-state index in [1.165, 1.54) is 0 Å². The number of ether oxygens (including phenoxy) is 1. The van der Waals surface area contributed by atoms with E-state index in [4.69, 9.17) is 10.5 Å². The molecule has 2 N–H and O–H groups in total. The minimum atomic E-state index is 0.0456. The summed E-state index contributed by atoms with van der Waals surface area (Å²) in [5.41, 5.74) is 8.12. The van der Waals surface area contributed by atoms with E-state index in [-0.39, 0.29) is 11.9 Å². The van der Waals surface area contributed by atoms with Crippen molar-refractivity contribution in [2.24, 2.45) is 5.73 Å². The lowest BCUT2D eigenvalue weighted by Gasteiger charge is -2.32. The highest BCUT2D eigenvalue weighted by Crippen LogP contribution is 2.32. The number of benzene rings is 1. The molecular weight excluding hydrogens is 228 g/mol. The van der Waals surface area contributed by atoms with Crippen molar-refractivity contribution in [3.8, 4) is 0 Å². The Morgan fingerprint density at radius 3 is 3.06 bits per heavy atom. The Balaban J connectivity index is 2.11. The molecule has 1 atom stereocenters. The zero-order valence-corrected chi connectivity index (χ0v) is 10.8. The summed E-state index contributed by atoms with van der Waals surface area (Å²) in [6.45, 7) is 1.34. The van der Waals surface area contributed by atoms with Gasteiger partial charge in [0.1, 0.15) is 0 Å². The standard InChI is InChI=1S/C14H20N2O2/c1-18-10-4-7-14(17)16-9-8-12(15)11-5-2-3-6-13(11)16/h2-3,5-6,12H,4,7-10,15H2,1H3. The first-order valence-electron chi connectivity index (χ1n) is 6.38. The number of nitrogens with zero attached hydrogens (tertiary/aromatic N) is 1. The molecule has 4 heteroatoms. The van der Waals surface area contributed by atoms with Crippen molar-refractivity contribution in [3.63, 3.8) is 0 Å². The predicted octanol–water partition coefficient (Wildman–Crippen LogP) is 1.85. The van der Waals surface area contributed by atoms with Gasteiger partial charge in [-0.3, -0.25) is 4.79 Å². The van der Waals surface area contributed by atoms with Gasteiger partial charge >= 0.3 is 0 Å². The van der Waals surface area contributed by atoms with Crippen molar-refractivity contribution in [2.75, 3.05) is 25.2 Å². The first-order valence-corrected chi connectivity index (χ1v) is 6.38. The maximum atomic E-state index is 12.2. The molecule has 0 fully saturated rings. The monoisotopic (exact) mass is 248 g/mol. The van der Waals surface area contributed by atoms with Crippen LogP contribution in [-0.2, 0) is 9.53 Å². The van der Waals surface area contributed by atoms with Gasteiger partial charge in [0.15, 0.2) is 0 Å². The lowest BCUT2D eigenvalue weighted by Crippen LogP contribution is -2.38. The highest BCUT2D eigenvalue weighted by molar-refractivity contribution is 5.94. The normalized spacial score (nSPS) is 18.6. The minimum absolute atomic E-state index is 0.0456. The fourth-order valence-electron chi connectivity index (χ4n) is 2.35. The van der Waals surface area contributed by atoms with E-state index in [1.807, 2.05) is 29.2 Å². The Kier molecular flexibility index (Phi) is 4.33. The molecule has 0 saturated heterocycles. The second-order valence-corrected chi connectivity index (χ2v) is 4.60. The maximum Gasteiger partial charge on any atom is 0.227 e. The van der Waals surface area contributed by atoms with Crippen LogP contribution in [0.3, 0.4) is 0 Å². The molecule has 1 amide bonds. The number of methoxy groups -OCH3 is 1. The molecule has 98 valence electrons. The zero-order valence-electron chi connectivity index (χ0n) is 10.8. The van der Waals surface area contributed by atoms with Crippen LogP contribution in [0, 0.1) is 0 Å². The van der Waals surface area contributed by atoms with Crippen LogP contribution < -0.4 is 10.6 Å². The molecule has 1 aromatic rings. The number of fused-ring (bicyclic) bond motifs is 1. The molecule has 1 unspecified atom stereocenters. The number of anilines is 1. The third-order valence-electron chi connectivity index (χ3n) is 3.33. The Hall–Kier alpha value is -1.39. The molecule has 1 aliphatic rings. The Bertz CT molecular complexity index is 420. The number of carbonyl (C=O) groups excluding carboxylic acids is 1. The van der Waals surface area contributed by atoms with E-state index in [2.05, 4.69) is 0 Å². The average molecular weight is 248 g/mol. The minimum Gasteiger partial charge on any atom is -0.385 e. The van der Waals surface area contributed by atoms with E-state index in [9.17, 15) is 4.79 Å². The summed E-state index contributed by atoms with van der Waals surface area (Å²) in [4.78, 5) is 14.0. The smallest absolute Gasteiger partial charge is 0.227 e. The zero-order chi connectivity index (χ0) is 13.0. The number of amides is 1. The van der Waals surface area contributed by atoms with Crippen LogP contribution in [0.2, 0.25) is 0 Å². The van der Waals surface area contributed by atoms with E-state index in [0.717, 1.165) is 24.1 Å². The molecule has 0 aliphatic carbocycles. The largest absolute Gasteiger partial charge is 0.385 e. The summed E-state index contributed by atoms with van der Waals surface area (Å²) < 4.78 is 4.98. The number of rotatable bonds is 4. The molecule has 4 nitrogen and oxygen atoms in total. The van der Waals surface area contributed by atoms with Gasteiger partial charge in [0.05, 0.1) is 0 Å². The van der Waals surface area contributed by atoms with Gasteiger partial charge in [0.2, 0.25) is 5.91 Å². The molecule has 0 saturated carbocycles. The second-order valence-electron chi connectivity index (χ2n) is 4.60. The summed E-state index contributed by atoms with van der Waals surface area (Å²) >= 11 is 0. The number of para-hydroxylation sites is 1. The molecule has 1 aliphatic heterocycles. The summed E-state index contributed by atoms with van der Waals surface area (Å²) in [5, 5.41) is 0. The summed E-state index contributed by atoms with van der Waals surface area (Å²) in [7, 11) is 1.65. The van der Waals surface area contributed by atoms with Crippen LogP contribution in [-0.4, -0.2) is 26.2 Å². The highest BCUT2D eigenvalue weighted by atomic mass is 16.5. The molecule has 0 spiro atoms. The number of hydrogen-bond donors (Lipinski definition) is 1. The van der Waals surface area contributed by atoms with Gasteiger partial charge in [-0.25, -0.2) is 0 Å². The SMILES string of the molecule is COCCCC(=O)N1CCC(N)c2ccccc21. The second kappa shape index (κ2) is 5.98. The summed E-state index contributed by atoms with van der Waals surface area (Å²) in [6.07, 6.45) is 2.12. The van der Waals surface area contributed by atoms with Crippen molar-refractivity contribution in [3.05, 3.63) is 29.8 Å². The lowest BCUT2D eigenvalue weighted by molar-refractivity contribution is -0.119. The van der Waals surface area contributed by atoms with Crippen LogP contribution >= 0.6 is 0 Å². The van der Waals surface area contributed by atoms with Gasteiger partial charge in [-0.1, -0.05) is 18.2 Å².